The SMILES string of the molecule is Nc1cc(N2CCOCC2)cc(S(N)(=O)=O)c1. The third-order valence-electron chi connectivity index (χ3n) is 2.62. The van der Waals surface area contributed by atoms with Gasteiger partial charge in [0.1, 0.15) is 0 Å². The number of anilines is 2. The van der Waals surface area contributed by atoms with Crippen LogP contribution >= 0.6 is 0 Å². The van der Waals surface area contributed by atoms with Gasteiger partial charge in [0.15, 0.2) is 0 Å². The summed E-state index contributed by atoms with van der Waals surface area (Å²) in [5.74, 6) is 0. The van der Waals surface area contributed by atoms with Crippen molar-refractivity contribution in [3.63, 3.8) is 0 Å². The first kappa shape index (κ1) is 12.2. The molecule has 6 nitrogen and oxygen atoms in total. The number of nitrogens with zero attached hydrogens (tertiary/aromatic N) is 1. The van der Waals surface area contributed by atoms with Crippen LogP contribution in [0.5, 0.6) is 0 Å². The minimum absolute atomic E-state index is 0.0407. The highest BCUT2D eigenvalue weighted by atomic mass is 32.2. The van der Waals surface area contributed by atoms with Crippen molar-refractivity contribution in [2.45, 2.75) is 4.90 Å². The molecule has 0 atom stereocenters. The van der Waals surface area contributed by atoms with Crippen LogP contribution in [-0.4, -0.2) is 34.7 Å². The number of nitrogen functional groups attached to an aromatic ring is 1. The van der Waals surface area contributed by atoms with Gasteiger partial charge < -0.3 is 15.4 Å². The Kier molecular flexibility index (Phi) is 3.23. The number of hydrogen-bond donors (Lipinski definition) is 2. The maximum atomic E-state index is 11.3. The van der Waals surface area contributed by atoms with Gasteiger partial charge in [0.25, 0.3) is 0 Å². The summed E-state index contributed by atoms with van der Waals surface area (Å²) in [6, 6.07) is 4.64. The Bertz CT molecular complexity index is 510. The molecule has 0 bridgehead atoms. The molecule has 94 valence electrons. The summed E-state index contributed by atoms with van der Waals surface area (Å²) in [5.41, 5.74) is 6.83. The fourth-order valence-corrected chi connectivity index (χ4v) is 2.36. The Morgan fingerprint density at radius 2 is 1.82 bits per heavy atom. The summed E-state index contributed by atoms with van der Waals surface area (Å²) in [5, 5.41) is 5.10. The van der Waals surface area contributed by atoms with E-state index >= 15 is 0 Å². The second-order valence-corrected chi connectivity index (χ2v) is 5.47. The lowest BCUT2D eigenvalue weighted by atomic mass is 10.2. The van der Waals surface area contributed by atoms with Crippen LogP contribution in [0.15, 0.2) is 23.1 Å². The smallest absolute Gasteiger partial charge is 0.238 e. The van der Waals surface area contributed by atoms with Gasteiger partial charge in [0, 0.05) is 24.5 Å². The molecule has 0 aliphatic carbocycles. The maximum absolute atomic E-state index is 11.3. The molecule has 0 unspecified atom stereocenters. The van der Waals surface area contributed by atoms with Gasteiger partial charge in [-0.15, -0.1) is 0 Å². The average molecular weight is 257 g/mol. The normalized spacial score (nSPS) is 17.1. The van der Waals surface area contributed by atoms with E-state index in [1.807, 2.05) is 4.90 Å². The van der Waals surface area contributed by atoms with E-state index in [-0.39, 0.29) is 4.90 Å². The highest BCUT2D eigenvalue weighted by molar-refractivity contribution is 7.89. The van der Waals surface area contributed by atoms with Gasteiger partial charge in [0.05, 0.1) is 18.1 Å². The van der Waals surface area contributed by atoms with E-state index in [0.29, 0.717) is 32.0 Å². The molecule has 1 aromatic rings. The second kappa shape index (κ2) is 4.52. The minimum atomic E-state index is -3.72. The summed E-state index contributed by atoms with van der Waals surface area (Å²) in [6.07, 6.45) is 0. The lowest BCUT2D eigenvalue weighted by molar-refractivity contribution is 0.122. The second-order valence-electron chi connectivity index (χ2n) is 3.90. The summed E-state index contributed by atoms with van der Waals surface area (Å²) in [4.78, 5) is 2.06. The largest absolute Gasteiger partial charge is 0.399 e. The molecular formula is C10H15N3O3S. The number of benzene rings is 1. The summed E-state index contributed by atoms with van der Waals surface area (Å²) >= 11 is 0. The molecule has 0 radical (unpaired) electrons. The van der Waals surface area contributed by atoms with Gasteiger partial charge in [-0.1, -0.05) is 0 Å². The van der Waals surface area contributed by atoms with E-state index in [1.165, 1.54) is 12.1 Å². The van der Waals surface area contributed by atoms with Gasteiger partial charge in [0.2, 0.25) is 10.0 Å². The highest BCUT2D eigenvalue weighted by Gasteiger charge is 2.15. The number of nitrogens with two attached hydrogens (primary N) is 2. The van der Waals surface area contributed by atoms with Crippen molar-refractivity contribution in [1.29, 1.82) is 0 Å². The molecule has 0 saturated carbocycles. The third-order valence-corrected chi connectivity index (χ3v) is 3.51. The van der Waals surface area contributed by atoms with E-state index in [2.05, 4.69) is 0 Å². The molecule has 7 heteroatoms. The fourth-order valence-electron chi connectivity index (χ4n) is 1.77. The molecule has 1 aliphatic rings. The number of primary sulfonamides is 1. The van der Waals surface area contributed by atoms with Crippen LogP contribution in [0.1, 0.15) is 0 Å². The Balaban J connectivity index is 2.37. The van der Waals surface area contributed by atoms with Gasteiger partial charge in [-0.2, -0.15) is 0 Å². The molecule has 1 aliphatic heterocycles. The number of hydrogen-bond acceptors (Lipinski definition) is 5. The zero-order chi connectivity index (χ0) is 12.5. The van der Waals surface area contributed by atoms with Crippen LogP contribution in [0.2, 0.25) is 0 Å². The lowest BCUT2D eigenvalue weighted by Crippen LogP contribution is -2.36. The first-order valence-electron chi connectivity index (χ1n) is 5.23. The minimum Gasteiger partial charge on any atom is -0.399 e. The van der Waals surface area contributed by atoms with E-state index in [0.717, 1.165) is 5.69 Å². The van der Waals surface area contributed by atoms with E-state index in [1.54, 1.807) is 6.07 Å². The standard InChI is InChI=1S/C10H15N3O3S/c11-8-5-9(13-1-3-16-4-2-13)7-10(6-8)17(12,14)15/h5-7H,1-4,11H2,(H2,12,14,15). The molecule has 0 amide bonds. The van der Waals surface area contributed by atoms with Crippen molar-refractivity contribution in [1.82, 2.24) is 0 Å². The summed E-state index contributed by atoms with van der Waals surface area (Å²) in [6.45, 7) is 2.68. The monoisotopic (exact) mass is 257 g/mol. The number of rotatable bonds is 2. The van der Waals surface area contributed by atoms with E-state index in [9.17, 15) is 8.42 Å². The van der Waals surface area contributed by atoms with Crippen LogP contribution in [0.4, 0.5) is 11.4 Å². The molecule has 1 saturated heterocycles. The molecular weight excluding hydrogens is 242 g/mol. The van der Waals surface area contributed by atoms with Crippen molar-refractivity contribution in [2.24, 2.45) is 5.14 Å². The molecule has 17 heavy (non-hydrogen) atoms. The topological polar surface area (TPSA) is 98.6 Å². The van der Waals surface area contributed by atoms with Crippen molar-refractivity contribution in [3.05, 3.63) is 18.2 Å². The average Bonchev–Trinajstić information content (AvgIpc) is 2.28. The van der Waals surface area contributed by atoms with Crippen LogP contribution in [0.3, 0.4) is 0 Å². The molecule has 1 fully saturated rings. The Morgan fingerprint density at radius 3 is 2.41 bits per heavy atom. The lowest BCUT2D eigenvalue weighted by Gasteiger charge is -2.29. The van der Waals surface area contributed by atoms with Gasteiger partial charge >= 0.3 is 0 Å². The molecule has 2 rings (SSSR count). The predicted octanol–water partition coefficient (Wildman–Crippen LogP) is -0.247. The Morgan fingerprint density at radius 1 is 1.18 bits per heavy atom. The Labute approximate surface area is 100 Å². The van der Waals surface area contributed by atoms with Gasteiger partial charge in [-0.3, -0.25) is 0 Å². The summed E-state index contributed by atoms with van der Waals surface area (Å²) in [7, 11) is -3.72. The first-order valence-corrected chi connectivity index (χ1v) is 6.77. The zero-order valence-corrected chi connectivity index (χ0v) is 10.1. The molecule has 1 heterocycles. The predicted molar refractivity (Wildman–Crippen MR) is 65.3 cm³/mol. The van der Waals surface area contributed by atoms with Crippen molar-refractivity contribution in [2.75, 3.05) is 36.9 Å². The Hall–Kier alpha value is -1.31. The molecule has 4 N–H and O–H groups in total. The zero-order valence-electron chi connectivity index (χ0n) is 9.30. The number of morpholine rings is 1. The van der Waals surface area contributed by atoms with Gasteiger partial charge in [-0.25, -0.2) is 13.6 Å². The maximum Gasteiger partial charge on any atom is 0.238 e. The van der Waals surface area contributed by atoms with Crippen molar-refractivity contribution < 1.29 is 13.2 Å². The van der Waals surface area contributed by atoms with Crippen molar-refractivity contribution in [3.8, 4) is 0 Å². The van der Waals surface area contributed by atoms with E-state index in [4.69, 9.17) is 15.6 Å². The van der Waals surface area contributed by atoms with Crippen molar-refractivity contribution >= 4 is 21.4 Å². The van der Waals surface area contributed by atoms with Crippen LogP contribution in [0.25, 0.3) is 0 Å². The molecule has 0 spiro atoms. The molecule has 0 aromatic heterocycles. The number of sulfonamides is 1. The quantitative estimate of drug-likeness (QED) is 0.712. The van der Waals surface area contributed by atoms with E-state index < -0.39 is 10.0 Å². The molecule has 1 aromatic carbocycles. The third kappa shape index (κ3) is 2.87. The van der Waals surface area contributed by atoms with Crippen LogP contribution in [0, 0.1) is 0 Å². The summed E-state index contributed by atoms with van der Waals surface area (Å²) < 4.78 is 27.8. The first-order chi connectivity index (χ1) is 7.97. The van der Waals surface area contributed by atoms with Crippen LogP contribution in [-0.2, 0) is 14.8 Å². The highest BCUT2D eigenvalue weighted by Crippen LogP contribution is 2.23. The van der Waals surface area contributed by atoms with Gasteiger partial charge in [-0.05, 0) is 18.2 Å². The number of ether oxygens (including phenoxy) is 1. The fraction of sp³-hybridized carbons (Fsp3) is 0.400. The van der Waals surface area contributed by atoms with Crippen LogP contribution < -0.4 is 15.8 Å².